The molecule has 0 atom stereocenters. The van der Waals surface area contributed by atoms with Crippen LogP contribution < -0.4 is 9.47 Å². The van der Waals surface area contributed by atoms with E-state index in [0.29, 0.717) is 40.5 Å². The molecule has 0 N–H and O–H groups in total. The fourth-order valence-corrected chi connectivity index (χ4v) is 10.0. The maximum absolute atomic E-state index is 6.93. The van der Waals surface area contributed by atoms with E-state index in [1.807, 2.05) is 54.6 Å². The van der Waals surface area contributed by atoms with Gasteiger partial charge >= 0.3 is 0 Å². The molecule has 3 heterocycles. The molecule has 0 bridgehead atoms. The minimum Gasteiger partial charge on any atom is -0.449 e. The van der Waals surface area contributed by atoms with E-state index >= 15 is 0 Å². The van der Waals surface area contributed by atoms with Crippen molar-refractivity contribution in [3.63, 3.8) is 0 Å². The minimum atomic E-state index is -0.546. The normalized spacial score (nSPS) is 13.1. The average Bonchev–Trinajstić information content (AvgIpc) is 3.87. The molecule has 1 aliphatic heterocycles. The third-order valence-electron chi connectivity index (χ3n) is 12.8. The minimum absolute atomic E-state index is 0.533. The molecule has 0 saturated heterocycles. The van der Waals surface area contributed by atoms with E-state index in [4.69, 9.17) is 24.4 Å². The second-order valence-electron chi connectivity index (χ2n) is 16.3. The van der Waals surface area contributed by atoms with Crippen LogP contribution >= 0.6 is 0 Å². The number of benzene rings is 9. The summed E-state index contributed by atoms with van der Waals surface area (Å²) in [5.74, 6) is 4.27. The van der Waals surface area contributed by atoms with Crippen LogP contribution in [0.15, 0.2) is 218 Å². The zero-order chi connectivity index (χ0) is 42.2. The van der Waals surface area contributed by atoms with Crippen LogP contribution in [0.4, 0.5) is 0 Å². The highest BCUT2D eigenvalue weighted by Crippen LogP contribution is 2.62. The second-order valence-corrected chi connectivity index (χ2v) is 16.3. The molecule has 9 aromatic carbocycles. The zero-order valence-electron chi connectivity index (χ0n) is 34.4. The summed E-state index contributed by atoms with van der Waals surface area (Å²) in [6, 6.07) is 76.0. The Labute approximate surface area is 369 Å². The molecule has 0 radical (unpaired) electrons. The van der Waals surface area contributed by atoms with Crippen LogP contribution in [-0.4, -0.2) is 19.5 Å². The maximum Gasteiger partial charge on any atom is 0.178 e. The molecule has 11 aromatic rings. The van der Waals surface area contributed by atoms with Crippen LogP contribution in [0.25, 0.3) is 72.8 Å². The Bertz CT molecular complexity index is 3510. The van der Waals surface area contributed by atoms with E-state index < -0.39 is 5.41 Å². The summed E-state index contributed by atoms with van der Waals surface area (Å²) in [5.41, 5.74) is 12.3. The van der Waals surface area contributed by atoms with Gasteiger partial charge < -0.3 is 14.0 Å². The molecule has 0 fully saturated rings. The summed E-state index contributed by atoms with van der Waals surface area (Å²) >= 11 is 0. The van der Waals surface area contributed by atoms with Crippen molar-refractivity contribution < 1.29 is 9.47 Å². The van der Waals surface area contributed by atoms with Gasteiger partial charge in [-0.25, -0.2) is 15.0 Å². The number of ether oxygens (including phenoxy) is 2. The molecule has 6 heteroatoms. The molecule has 0 unspecified atom stereocenters. The Hall–Kier alpha value is -8.61. The summed E-state index contributed by atoms with van der Waals surface area (Å²) in [6.45, 7) is 0. The average molecular weight is 821 g/mol. The quantitative estimate of drug-likeness (QED) is 0.167. The van der Waals surface area contributed by atoms with Crippen LogP contribution in [0, 0.1) is 0 Å². The molecular formula is C58H36N4O2. The smallest absolute Gasteiger partial charge is 0.178 e. The van der Waals surface area contributed by atoms with Gasteiger partial charge in [0.25, 0.3) is 0 Å². The summed E-state index contributed by atoms with van der Waals surface area (Å²) in [6.07, 6.45) is 0. The predicted molar refractivity (Wildman–Crippen MR) is 254 cm³/mol. The first kappa shape index (κ1) is 36.1. The summed E-state index contributed by atoms with van der Waals surface area (Å²) in [5, 5.41) is 2.45. The molecule has 1 aliphatic carbocycles. The molecule has 2 aliphatic rings. The molecule has 0 amide bonds. The standard InChI is InChI=1S/C58H36N4O2/c1-4-16-37(17-5-1)55-59-56(38-28-31-42(32-29-38)62-48-26-14-11-22-43(48)44-23-12-15-27-49(44)62)61-57(60-55)39-30-34-50-52(36-39)63-51-35-33-47-53(54(51)64-50)45-24-10-13-25-46(45)58(47,40-18-6-2-7-19-40)41-20-8-3-9-21-41/h1-36H. The van der Waals surface area contributed by atoms with Gasteiger partial charge in [0.1, 0.15) is 0 Å². The Morgan fingerprint density at radius 1 is 0.375 bits per heavy atom. The van der Waals surface area contributed by atoms with E-state index in [2.05, 4.69) is 168 Å². The molecule has 0 spiro atoms. The lowest BCUT2D eigenvalue weighted by Gasteiger charge is -2.34. The van der Waals surface area contributed by atoms with Gasteiger partial charge in [-0.3, -0.25) is 0 Å². The molecule has 64 heavy (non-hydrogen) atoms. The van der Waals surface area contributed by atoms with Gasteiger partial charge in [0.2, 0.25) is 0 Å². The van der Waals surface area contributed by atoms with Gasteiger partial charge in [-0.15, -0.1) is 0 Å². The van der Waals surface area contributed by atoms with Crippen molar-refractivity contribution in [2.45, 2.75) is 5.41 Å². The molecule has 300 valence electrons. The van der Waals surface area contributed by atoms with Crippen LogP contribution in [0.1, 0.15) is 22.3 Å². The van der Waals surface area contributed by atoms with Crippen LogP contribution in [0.2, 0.25) is 0 Å². The number of aromatic nitrogens is 4. The lowest BCUT2D eigenvalue weighted by molar-refractivity contribution is 0.360. The van der Waals surface area contributed by atoms with Gasteiger partial charge in [-0.05, 0) is 88.5 Å². The fourth-order valence-electron chi connectivity index (χ4n) is 10.0. The van der Waals surface area contributed by atoms with E-state index in [-0.39, 0.29) is 0 Å². The Morgan fingerprint density at radius 3 is 1.55 bits per heavy atom. The Morgan fingerprint density at radius 2 is 0.891 bits per heavy atom. The van der Waals surface area contributed by atoms with E-state index in [9.17, 15) is 0 Å². The summed E-state index contributed by atoms with van der Waals surface area (Å²) < 4.78 is 16.0. The van der Waals surface area contributed by atoms with Gasteiger partial charge in [0.15, 0.2) is 40.5 Å². The number of hydrogen-bond donors (Lipinski definition) is 0. The highest BCUT2D eigenvalue weighted by atomic mass is 16.6. The topological polar surface area (TPSA) is 62.1 Å². The number of para-hydroxylation sites is 2. The van der Waals surface area contributed by atoms with E-state index in [0.717, 1.165) is 50.1 Å². The fraction of sp³-hybridized carbons (Fsp3) is 0.0172. The third kappa shape index (κ3) is 5.42. The summed E-state index contributed by atoms with van der Waals surface area (Å²) in [7, 11) is 0. The highest BCUT2D eigenvalue weighted by molar-refractivity contribution is 6.09. The van der Waals surface area contributed by atoms with Crippen molar-refractivity contribution in [1.82, 2.24) is 19.5 Å². The first-order valence-corrected chi connectivity index (χ1v) is 21.5. The lowest BCUT2D eigenvalue weighted by atomic mass is 9.68. The van der Waals surface area contributed by atoms with Crippen molar-refractivity contribution in [3.8, 4) is 74.0 Å². The first-order chi connectivity index (χ1) is 31.7. The van der Waals surface area contributed by atoms with Gasteiger partial charge in [-0.1, -0.05) is 158 Å². The Balaban J connectivity index is 0.900. The number of nitrogens with zero attached hydrogens (tertiary/aromatic N) is 4. The van der Waals surface area contributed by atoms with Gasteiger partial charge in [0, 0.05) is 38.7 Å². The first-order valence-electron chi connectivity index (χ1n) is 21.5. The summed E-state index contributed by atoms with van der Waals surface area (Å²) in [4.78, 5) is 15.2. The van der Waals surface area contributed by atoms with Crippen molar-refractivity contribution in [3.05, 3.63) is 241 Å². The molecule has 2 aromatic heterocycles. The van der Waals surface area contributed by atoms with Crippen molar-refractivity contribution in [2.24, 2.45) is 0 Å². The Kier molecular flexibility index (Phi) is 8.02. The van der Waals surface area contributed by atoms with Gasteiger partial charge in [0.05, 0.1) is 16.4 Å². The van der Waals surface area contributed by atoms with Crippen molar-refractivity contribution >= 4 is 21.8 Å². The van der Waals surface area contributed by atoms with Crippen molar-refractivity contribution in [1.29, 1.82) is 0 Å². The number of hydrogen-bond acceptors (Lipinski definition) is 5. The molecule has 6 nitrogen and oxygen atoms in total. The number of rotatable bonds is 6. The predicted octanol–water partition coefficient (Wildman–Crippen LogP) is 14.2. The largest absolute Gasteiger partial charge is 0.449 e. The maximum atomic E-state index is 6.93. The zero-order valence-corrected chi connectivity index (χ0v) is 34.4. The lowest BCUT2D eigenvalue weighted by Crippen LogP contribution is -2.28. The van der Waals surface area contributed by atoms with E-state index in [1.165, 1.54) is 27.5 Å². The molecule has 13 rings (SSSR count). The molecular weight excluding hydrogens is 785 g/mol. The second kappa shape index (κ2) is 14.2. The van der Waals surface area contributed by atoms with Gasteiger partial charge in [-0.2, -0.15) is 0 Å². The monoisotopic (exact) mass is 820 g/mol. The van der Waals surface area contributed by atoms with Crippen molar-refractivity contribution in [2.75, 3.05) is 0 Å². The SMILES string of the molecule is c1ccc(-c2nc(-c3ccc(-n4c5ccccc5c5ccccc54)cc3)nc(-c3ccc4c(c3)Oc3ccc5c(c3O4)-c3ccccc3C5(c3ccccc3)c3ccccc3)n2)cc1. The number of fused-ring (bicyclic) bond motifs is 9. The van der Waals surface area contributed by atoms with Crippen LogP contribution in [-0.2, 0) is 5.41 Å². The highest BCUT2D eigenvalue weighted by Gasteiger charge is 2.48. The third-order valence-corrected chi connectivity index (χ3v) is 12.8. The molecule has 0 saturated carbocycles. The van der Waals surface area contributed by atoms with E-state index in [1.54, 1.807) is 0 Å². The van der Waals surface area contributed by atoms with Crippen LogP contribution in [0.5, 0.6) is 23.0 Å². The van der Waals surface area contributed by atoms with Crippen LogP contribution in [0.3, 0.4) is 0 Å².